The minimum atomic E-state index is 0.327. The average Bonchev–Trinajstić information content (AvgIpc) is 3.13. The van der Waals surface area contributed by atoms with Crippen molar-refractivity contribution in [3.63, 3.8) is 0 Å². The van der Waals surface area contributed by atoms with E-state index < -0.39 is 0 Å². The van der Waals surface area contributed by atoms with E-state index in [0.717, 1.165) is 25.7 Å². The van der Waals surface area contributed by atoms with Crippen LogP contribution in [0.2, 0.25) is 0 Å². The third-order valence-corrected chi connectivity index (χ3v) is 4.15. The first-order chi connectivity index (χ1) is 8.22. The number of hydrogen-bond donors (Lipinski definition) is 1. The molecule has 3 heteroatoms. The Morgan fingerprint density at radius 1 is 1.41 bits per heavy atom. The minimum absolute atomic E-state index is 0.327. The summed E-state index contributed by atoms with van der Waals surface area (Å²) in [5.74, 6) is 0.901. The molecule has 1 saturated carbocycles. The lowest BCUT2D eigenvalue weighted by molar-refractivity contribution is 0.0949. The van der Waals surface area contributed by atoms with Gasteiger partial charge in [-0.05, 0) is 38.5 Å². The molecule has 100 valence electrons. The smallest absolute Gasteiger partial charge is 0.0494 e. The topological polar surface area (TPSA) is 24.5 Å². The van der Waals surface area contributed by atoms with Crippen LogP contribution in [0.25, 0.3) is 0 Å². The molecule has 2 fully saturated rings. The summed E-state index contributed by atoms with van der Waals surface area (Å²) in [6.45, 7) is 11.3. The van der Waals surface area contributed by atoms with Crippen LogP contribution in [0.15, 0.2) is 0 Å². The standard InChI is InChI=1S/C14H28N2O/c1-3-14(2)12-16(9-7-15-14)8-4-10-17-11-13-5-6-13/h13,15H,3-12H2,1-2H3. The van der Waals surface area contributed by atoms with Gasteiger partial charge in [0.05, 0.1) is 0 Å². The van der Waals surface area contributed by atoms with Crippen molar-refractivity contribution < 1.29 is 4.74 Å². The molecule has 0 bridgehead atoms. The lowest BCUT2D eigenvalue weighted by Gasteiger charge is -2.41. The molecule has 0 radical (unpaired) electrons. The number of piperazine rings is 1. The van der Waals surface area contributed by atoms with E-state index in [0.29, 0.717) is 5.54 Å². The molecule has 1 aliphatic heterocycles. The van der Waals surface area contributed by atoms with Crippen molar-refractivity contribution in [1.82, 2.24) is 10.2 Å². The van der Waals surface area contributed by atoms with Gasteiger partial charge in [0.25, 0.3) is 0 Å². The first-order valence-electron chi connectivity index (χ1n) is 7.27. The molecule has 1 atom stereocenters. The second-order valence-electron chi connectivity index (χ2n) is 5.99. The van der Waals surface area contributed by atoms with Gasteiger partial charge in [-0.1, -0.05) is 6.92 Å². The van der Waals surface area contributed by atoms with Gasteiger partial charge in [0.2, 0.25) is 0 Å². The number of nitrogens with zero attached hydrogens (tertiary/aromatic N) is 1. The highest BCUT2D eigenvalue weighted by Crippen LogP contribution is 2.28. The van der Waals surface area contributed by atoms with Crippen LogP contribution in [0.4, 0.5) is 0 Å². The predicted octanol–water partition coefficient (Wildman–Crippen LogP) is 1.88. The van der Waals surface area contributed by atoms with Crippen LogP contribution < -0.4 is 5.32 Å². The van der Waals surface area contributed by atoms with Crippen LogP contribution in [-0.4, -0.2) is 49.8 Å². The van der Waals surface area contributed by atoms with Crippen molar-refractivity contribution >= 4 is 0 Å². The van der Waals surface area contributed by atoms with Gasteiger partial charge in [-0.15, -0.1) is 0 Å². The van der Waals surface area contributed by atoms with Crippen LogP contribution in [0.5, 0.6) is 0 Å². The molecule has 0 aromatic rings. The maximum Gasteiger partial charge on any atom is 0.0494 e. The van der Waals surface area contributed by atoms with Gasteiger partial charge in [-0.25, -0.2) is 0 Å². The van der Waals surface area contributed by atoms with E-state index in [4.69, 9.17) is 4.74 Å². The van der Waals surface area contributed by atoms with E-state index in [1.54, 1.807) is 0 Å². The summed E-state index contributed by atoms with van der Waals surface area (Å²) >= 11 is 0. The molecule has 0 spiro atoms. The van der Waals surface area contributed by atoms with Gasteiger partial charge in [0.15, 0.2) is 0 Å². The van der Waals surface area contributed by atoms with E-state index in [1.165, 1.54) is 45.3 Å². The average molecular weight is 240 g/mol. The van der Waals surface area contributed by atoms with Crippen molar-refractivity contribution in [2.24, 2.45) is 5.92 Å². The Kier molecular flexibility index (Phi) is 4.83. The van der Waals surface area contributed by atoms with E-state index in [-0.39, 0.29) is 0 Å². The zero-order valence-electron chi connectivity index (χ0n) is 11.5. The third kappa shape index (κ3) is 4.57. The van der Waals surface area contributed by atoms with Crippen LogP contribution in [0.1, 0.15) is 39.5 Å². The Morgan fingerprint density at radius 2 is 2.24 bits per heavy atom. The Balaban J connectivity index is 1.54. The van der Waals surface area contributed by atoms with Crippen molar-refractivity contribution in [2.75, 3.05) is 39.4 Å². The van der Waals surface area contributed by atoms with Crippen LogP contribution in [0, 0.1) is 5.92 Å². The molecule has 1 unspecified atom stereocenters. The predicted molar refractivity (Wildman–Crippen MR) is 71.3 cm³/mol. The van der Waals surface area contributed by atoms with Gasteiger partial charge in [0.1, 0.15) is 0 Å². The molecule has 0 aromatic heterocycles. The van der Waals surface area contributed by atoms with Gasteiger partial charge in [-0.3, -0.25) is 0 Å². The zero-order valence-corrected chi connectivity index (χ0v) is 11.5. The largest absolute Gasteiger partial charge is 0.381 e. The first kappa shape index (κ1) is 13.3. The molecule has 1 heterocycles. The van der Waals surface area contributed by atoms with E-state index in [1.807, 2.05) is 0 Å². The molecule has 1 aliphatic carbocycles. The van der Waals surface area contributed by atoms with Crippen molar-refractivity contribution in [3.05, 3.63) is 0 Å². The van der Waals surface area contributed by atoms with E-state index in [2.05, 4.69) is 24.1 Å². The quantitative estimate of drug-likeness (QED) is 0.688. The van der Waals surface area contributed by atoms with Crippen LogP contribution >= 0.6 is 0 Å². The summed E-state index contributed by atoms with van der Waals surface area (Å²) in [7, 11) is 0. The Labute approximate surface area is 106 Å². The van der Waals surface area contributed by atoms with Gasteiger partial charge in [0, 0.05) is 44.9 Å². The molecule has 1 N–H and O–H groups in total. The second-order valence-corrected chi connectivity index (χ2v) is 5.99. The number of nitrogens with one attached hydrogen (secondary N) is 1. The SMILES string of the molecule is CCC1(C)CN(CCCOCC2CC2)CCN1. The molecular weight excluding hydrogens is 212 g/mol. The molecule has 17 heavy (non-hydrogen) atoms. The second kappa shape index (κ2) is 6.17. The van der Waals surface area contributed by atoms with E-state index >= 15 is 0 Å². The summed E-state index contributed by atoms with van der Waals surface area (Å²) in [5.41, 5.74) is 0.327. The number of ether oxygens (including phenoxy) is 1. The monoisotopic (exact) mass is 240 g/mol. The van der Waals surface area contributed by atoms with Gasteiger partial charge < -0.3 is 15.0 Å². The molecule has 2 aliphatic rings. The Bertz CT molecular complexity index is 230. The van der Waals surface area contributed by atoms with Gasteiger partial charge in [-0.2, -0.15) is 0 Å². The molecule has 2 rings (SSSR count). The maximum absolute atomic E-state index is 5.68. The molecular formula is C14H28N2O. The highest BCUT2D eigenvalue weighted by Gasteiger charge is 2.28. The molecule has 0 aromatic carbocycles. The van der Waals surface area contributed by atoms with Crippen molar-refractivity contribution in [1.29, 1.82) is 0 Å². The minimum Gasteiger partial charge on any atom is -0.381 e. The summed E-state index contributed by atoms with van der Waals surface area (Å²) in [6, 6.07) is 0. The first-order valence-corrected chi connectivity index (χ1v) is 7.27. The van der Waals surface area contributed by atoms with E-state index in [9.17, 15) is 0 Å². The van der Waals surface area contributed by atoms with Gasteiger partial charge >= 0.3 is 0 Å². The molecule has 0 amide bonds. The molecule has 3 nitrogen and oxygen atoms in total. The summed E-state index contributed by atoms with van der Waals surface area (Å²) < 4.78 is 5.68. The summed E-state index contributed by atoms with van der Waals surface area (Å²) in [5, 5.41) is 3.63. The third-order valence-electron chi connectivity index (χ3n) is 4.15. The highest BCUT2D eigenvalue weighted by atomic mass is 16.5. The summed E-state index contributed by atoms with van der Waals surface area (Å²) in [6.07, 6.45) is 5.19. The van der Waals surface area contributed by atoms with Crippen molar-refractivity contribution in [2.45, 2.75) is 45.1 Å². The number of hydrogen-bond acceptors (Lipinski definition) is 3. The zero-order chi connectivity index (χ0) is 12.1. The fraction of sp³-hybridized carbons (Fsp3) is 1.00. The highest BCUT2D eigenvalue weighted by molar-refractivity contribution is 4.89. The van der Waals surface area contributed by atoms with Crippen molar-refractivity contribution in [3.8, 4) is 0 Å². The number of rotatable bonds is 7. The fourth-order valence-corrected chi connectivity index (χ4v) is 2.50. The Morgan fingerprint density at radius 3 is 2.94 bits per heavy atom. The maximum atomic E-state index is 5.68. The van der Waals surface area contributed by atoms with Crippen LogP contribution in [-0.2, 0) is 4.74 Å². The Hall–Kier alpha value is -0.120. The van der Waals surface area contributed by atoms with Crippen LogP contribution in [0.3, 0.4) is 0 Å². The summed E-state index contributed by atoms with van der Waals surface area (Å²) in [4.78, 5) is 2.58. The normalized spacial score (nSPS) is 30.7. The molecule has 1 saturated heterocycles. The lowest BCUT2D eigenvalue weighted by atomic mass is 9.96. The lowest BCUT2D eigenvalue weighted by Crippen LogP contribution is -2.58. The fourth-order valence-electron chi connectivity index (χ4n) is 2.50.